The van der Waals surface area contributed by atoms with Crippen LogP contribution in [0, 0.1) is 23.8 Å². The number of rotatable bonds is 0. The maximum Gasteiger partial charge on any atom is 0.175 e. The number of hydrogen-bond donors (Lipinski definition) is 1. The summed E-state index contributed by atoms with van der Waals surface area (Å²) in [7, 11) is -1.35. The highest BCUT2D eigenvalue weighted by Gasteiger charge is 2.07. The summed E-state index contributed by atoms with van der Waals surface area (Å²) in [4.78, 5) is 0. The first-order chi connectivity index (χ1) is 4.45. The Morgan fingerprint density at radius 1 is 1.40 bits per heavy atom. The predicted octanol–water partition coefficient (Wildman–Crippen LogP) is 0.861. The monoisotopic (exact) mass is 152 g/mol. The highest BCUT2D eigenvalue weighted by Crippen LogP contribution is 1.96. The maximum atomic E-state index is 8.83. The van der Waals surface area contributed by atoms with Crippen LogP contribution in [0.5, 0.6) is 0 Å². The lowest BCUT2D eigenvalue weighted by Crippen LogP contribution is -2.17. The summed E-state index contributed by atoms with van der Waals surface area (Å²) < 4.78 is 0. The Kier molecular flexibility index (Phi) is 3.22. The van der Waals surface area contributed by atoms with E-state index in [1.807, 2.05) is 0 Å². The summed E-state index contributed by atoms with van der Waals surface area (Å²) in [5, 5.41) is 8.83. The molecule has 0 aromatic rings. The van der Waals surface area contributed by atoms with Crippen LogP contribution in [0.15, 0.2) is 0 Å². The molecule has 0 unspecified atom stereocenters. The fourth-order valence-corrected chi connectivity index (χ4v) is 0.896. The van der Waals surface area contributed by atoms with Gasteiger partial charge in [0.2, 0.25) is 0 Å². The number of terminal acetylenes is 1. The van der Waals surface area contributed by atoms with Crippen molar-refractivity contribution in [1.29, 1.82) is 0 Å². The van der Waals surface area contributed by atoms with Gasteiger partial charge in [0.05, 0.1) is 0 Å². The Bertz CT molecular complexity index is 196. The Morgan fingerprint density at radius 3 is 2.20 bits per heavy atom. The van der Waals surface area contributed by atoms with Crippen LogP contribution in [-0.4, -0.2) is 19.3 Å². The van der Waals surface area contributed by atoms with Gasteiger partial charge in [-0.25, -0.2) is 0 Å². The summed E-state index contributed by atoms with van der Waals surface area (Å²) in [5.41, 5.74) is 2.97. The van der Waals surface area contributed by atoms with E-state index in [1.54, 1.807) is 0 Å². The molecule has 0 heterocycles. The molecule has 0 saturated carbocycles. The largest absolute Gasteiger partial charge is 0.369 e. The summed E-state index contributed by atoms with van der Waals surface area (Å²) in [6, 6.07) is 0. The zero-order valence-electron chi connectivity index (χ0n) is 6.60. The van der Waals surface area contributed by atoms with Crippen molar-refractivity contribution < 1.29 is 5.11 Å². The van der Waals surface area contributed by atoms with E-state index in [9.17, 15) is 0 Å². The van der Waals surface area contributed by atoms with Crippen molar-refractivity contribution in [1.82, 2.24) is 0 Å². The van der Waals surface area contributed by atoms with Gasteiger partial charge < -0.3 is 5.11 Å². The highest BCUT2D eigenvalue weighted by atomic mass is 28.3. The summed E-state index contributed by atoms with van der Waals surface area (Å²) in [6.45, 7) is 6.30. The molecular weight excluding hydrogens is 140 g/mol. The molecule has 0 fully saturated rings. The SMILES string of the molecule is C#C[C@H](O)C#C[Si](C)(C)C. The van der Waals surface area contributed by atoms with E-state index in [4.69, 9.17) is 11.5 Å². The molecule has 2 heteroatoms. The van der Waals surface area contributed by atoms with Crippen LogP contribution in [0.4, 0.5) is 0 Å². The lowest BCUT2D eigenvalue weighted by atomic mass is 10.4. The van der Waals surface area contributed by atoms with Gasteiger partial charge in [0.15, 0.2) is 6.10 Å². The molecule has 0 radical (unpaired) electrons. The van der Waals surface area contributed by atoms with Gasteiger partial charge in [-0.05, 0) is 0 Å². The first-order valence-electron chi connectivity index (χ1n) is 3.12. The minimum atomic E-state index is -1.35. The first-order valence-corrected chi connectivity index (χ1v) is 6.62. The molecular formula is C8H12OSi. The zero-order chi connectivity index (χ0) is 8.20. The molecule has 1 atom stereocenters. The van der Waals surface area contributed by atoms with Gasteiger partial charge in [-0.2, -0.15) is 0 Å². The van der Waals surface area contributed by atoms with Crippen molar-refractivity contribution in [2.24, 2.45) is 0 Å². The van der Waals surface area contributed by atoms with E-state index < -0.39 is 14.2 Å². The molecule has 0 bridgehead atoms. The van der Waals surface area contributed by atoms with Gasteiger partial charge in [-0.3, -0.25) is 0 Å². The molecule has 0 saturated heterocycles. The van der Waals surface area contributed by atoms with Gasteiger partial charge in [-0.1, -0.05) is 31.5 Å². The van der Waals surface area contributed by atoms with Crippen LogP contribution in [0.1, 0.15) is 0 Å². The van der Waals surface area contributed by atoms with Crippen LogP contribution >= 0.6 is 0 Å². The average molecular weight is 152 g/mol. The molecule has 0 spiro atoms. The van der Waals surface area contributed by atoms with Crippen molar-refractivity contribution in [2.45, 2.75) is 25.7 Å². The van der Waals surface area contributed by atoms with Crippen molar-refractivity contribution in [3.8, 4) is 23.8 Å². The first kappa shape index (κ1) is 9.30. The minimum absolute atomic E-state index is 0.883. The second-order valence-electron chi connectivity index (χ2n) is 3.09. The second-order valence-corrected chi connectivity index (χ2v) is 7.84. The summed E-state index contributed by atoms with van der Waals surface area (Å²) in [5.74, 6) is 4.75. The van der Waals surface area contributed by atoms with Gasteiger partial charge in [0, 0.05) is 0 Å². The van der Waals surface area contributed by atoms with E-state index in [0.29, 0.717) is 0 Å². The lowest BCUT2D eigenvalue weighted by molar-refractivity contribution is 0.290. The average Bonchev–Trinajstić information content (AvgIpc) is 1.81. The predicted molar refractivity (Wildman–Crippen MR) is 46.0 cm³/mol. The van der Waals surface area contributed by atoms with Crippen molar-refractivity contribution >= 4 is 8.07 Å². The van der Waals surface area contributed by atoms with Crippen LogP contribution in [-0.2, 0) is 0 Å². The second kappa shape index (κ2) is 3.46. The summed E-state index contributed by atoms with van der Waals surface area (Å²) >= 11 is 0. The van der Waals surface area contributed by atoms with Gasteiger partial charge >= 0.3 is 0 Å². The smallest absolute Gasteiger partial charge is 0.175 e. The number of aliphatic hydroxyl groups excluding tert-OH is 1. The normalized spacial score (nSPS) is 12.7. The Balaban J connectivity index is 4.08. The molecule has 1 nitrogen and oxygen atoms in total. The lowest BCUT2D eigenvalue weighted by Gasteiger charge is -2.03. The Morgan fingerprint density at radius 2 is 1.90 bits per heavy atom. The molecule has 1 N–H and O–H groups in total. The van der Waals surface area contributed by atoms with Crippen LogP contribution in [0.25, 0.3) is 0 Å². The number of hydrogen-bond acceptors (Lipinski definition) is 1. The molecule has 10 heavy (non-hydrogen) atoms. The van der Waals surface area contributed by atoms with E-state index >= 15 is 0 Å². The molecule has 0 aromatic carbocycles. The van der Waals surface area contributed by atoms with Crippen LogP contribution in [0.3, 0.4) is 0 Å². The van der Waals surface area contributed by atoms with Gasteiger partial charge in [0.1, 0.15) is 8.07 Å². The quantitative estimate of drug-likeness (QED) is 0.403. The topological polar surface area (TPSA) is 20.2 Å². The fraction of sp³-hybridized carbons (Fsp3) is 0.500. The van der Waals surface area contributed by atoms with E-state index in [-0.39, 0.29) is 0 Å². The third kappa shape index (κ3) is 5.43. The highest BCUT2D eigenvalue weighted by molar-refractivity contribution is 6.83. The third-order valence-electron chi connectivity index (χ3n) is 0.742. The molecule has 0 rings (SSSR count). The molecule has 0 aliphatic rings. The standard InChI is InChI=1S/C8H12OSi/c1-5-8(9)6-7-10(2,3)4/h1,8-9H,2-4H3/t8-/m0/s1. The van der Waals surface area contributed by atoms with Crippen molar-refractivity contribution in [3.63, 3.8) is 0 Å². The molecule has 54 valence electrons. The van der Waals surface area contributed by atoms with E-state index in [0.717, 1.165) is 0 Å². The van der Waals surface area contributed by atoms with Crippen molar-refractivity contribution in [2.75, 3.05) is 0 Å². The summed E-state index contributed by atoms with van der Waals surface area (Å²) in [6.07, 6.45) is 4.03. The van der Waals surface area contributed by atoms with Gasteiger partial charge in [0.25, 0.3) is 0 Å². The minimum Gasteiger partial charge on any atom is -0.369 e. The third-order valence-corrected chi connectivity index (χ3v) is 1.64. The Hall–Kier alpha value is -0.703. The molecule has 0 aliphatic carbocycles. The fourth-order valence-electron chi connectivity index (χ4n) is 0.327. The molecule has 0 aliphatic heterocycles. The molecule has 0 aromatic heterocycles. The van der Waals surface area contributed by atoms with Crippen LogP contribution < -0.4 is 0 Å². The molecule has 0 amide bonds. The number of aliphatic hydroxyl groups is 1. The maximum absolute atomic E-state index is 8.83. The Labute approximate surface area is 63.5 Å². The van der Waals surface area contributed by atoms with Crippen molar-refractivity contribution in [3.05, 3.63) is 0 Å². The van der Waals surface area contributed by atoms with Gasteiger partial charge in [-0.15, -0.1) is 12.0 Å². The van der Waals surface area contributed by atoms with Crippen LogP contribution in [0.2, 0.25) is 19.6 Å². The van der Waals surface area contributed by atoms with E-state index in [1.165, 1.54) is 0 Å². The van der Waals surface area contributed by atoms with E-state index in [2.05, 4.69) is 37.0 Å². The zero-order valence-corrected chi connectivity index (χ0v) is 7.60.